The van der Waals surface area contributed by atoms with Gasteiger partial charge in [0, 0.05) is 12.3 Å². The molecule has 0 aromatic rings. The van der Waals surface area contributed by atoms with Gasteiger partial charge in [0.25, 0.3) is 0 Å². The molecule has 1 heterocycles. The van der Waals surface area contributed by atoms with E-state index < -0.39 is 0 Å². The van der Waals surface area contributed by atoms with Crippen LogP contribution in [0.1, 0.15) is 13.3 Å². The molecule has 0 aromatic carbocycles. The standard InChI is InChI=1S/C19H22N2O4/c1-19(21-12-22)7-4-13(5-8-19)25-16-6-9-20-15-11-18(24-3)17(23-2)10-14(15)16/h4-7,9-12,14,16H,8H2,1-3H3,(H,21,22). The number of ether oxygens (including phenoxy) is 3. The van der Waals surface area contributed by atoms with Crippen molar-refractivity contribution in [1.29, 1.82) is 0 Å². The van der Waals surface area contributed by atoms with E-state index >= 15 is 0 Å². The number of nitrogens with zero attached hydrogens (tertiary/aromatic N) is 1. The fraction of sp³-hybridized carbons (Fsp3) is 0.368. The van der Waals surface area contributed by atoms with Crippen LogP contribution >= 0.6 is 0 Å². The average molecular weight is 342 g/mol. The Morgan fingerprint density at radius 2 is 2.12 bits per heavy atom. The fourth-order valence-corrected chi connectivity index (χ4v) is 2.99. The highest BCUT2D eigenvalue weighted by Gasteiger charge is 2.32. The number of amides is 1. The third-order valence-corrected chi connectivity index (χ3v) is 4.49. The van der Waals surface area contributed by atoms with E-state index in [4.69, 9.17) is 14.2 Å². The van der Waals surface area contributed by atoms with Gasteiger partial charge in [0.15, 0.2) is 11.5 Å². The molecule has 0 radical (unpaired) electrons. The molecule has 3 aliphatic rings. The molecule has 0 bridgehead atoms. The van der Waals surface area contributed by atoms with E-state index in [0.29, 0.717) is 17.9 Å². The maximum atomic E-state index is 10.7. The van der Waals surface area contributed by atoms with Crippen molar-refractivity contribution in [3.8, 4) is 0 Å². The van der Waals surface area contributed by atoms with E-state index in [1.54, 1.807) is 20.4 Å². The Balaban J connectivity index is 1.74. The lowest BCUT2D eigenvalue weighted by Gasteiger charge is -2.31. The smallest absolute Gasteiger partial charge is 0.207 e. The molecular formula is C19H22N2O4. The summed E-state index contributed by atoms with van der Waals surface area (Å²) in [5.41, 5.74) is 0.506. The third-order valence-electron chi connectivity index (χ3n) is 4.49. The first kappa shape index (κ1) is 17.1. The minimum Gasteiger partial charge on any atom is -0.493 e. The Bertz CT molecular complexity index is 730. The normalized spacial score (nSPS) is 30.2. The summed E-state index contributed by atoms with van der Waals surface area (Å²) in [6.07, 6.45) is 14.5. The number of carbonyl (C=O) groups is 1. The lowest BCUT2D eigenvalue weighted by atomic mass is 9.89. The first-order chi connectivity index (χ1) is 12.1. The predicted molar refractivity (Wildman–Crippen MR) is 94.6 cm³/mol. The van der Waals surface area contributed by atoms with Gasteiger partial charge in [0.05, 0.1) is 31.4 Å². The Labute approximate surface area is 147 Å². The summed E-state index contributed by atoms with van der Waals surface area (Å²) >= 11 is 0. The number of nitrogens with one attached hydrogen (secondary N) is 1. The van der Waals surface area contributed by atoms with Crippen LogP contribution in [0.4, 0.5) is 0 Å². The van der Waals surface area contributed by atoms with E-state index in [2.05, 4.69) is 10.3 Å². The molecule has 3 unspecified atom stereocenters. The van der Waals surface area contributed by atoms with Crippen molar-refractivity contribution in [2.24, 2.45) is 10.9 Å². The molecule has 2 aliphatic carbocycles. The van der Waals surface area contributed by atoms with E-state index in [0.717, 1.165) is 17.9 Å². The molecule has 1 amide bonds. The van der Waals surface area contributed by atoms with E-state index in [1.165, 1.54) is 0 Å². The highest BCUT2D eigenvalue weighted by Crippen LogP contribution is 2.31. The number of rotatable bonds is 6. The SMILES string of the molecule is COC1=CC2=NC=CC(OC3=CCC(C)(NC=O)C=C3)C2C=C1OC. The first-order valence-electron chi connectivity index (χ1n) is 8.12. The first-order valence-corrected chi connectivity index (χ1v) is 8.12. The van der Waals surface area contributed by atoms with E-state index in [9.17, 15) is 4.79 Å². The molecular weight excluding hydrogens is 320 g/mol. The molecule has 0 spiro atoms. The highest BCUT2D eigenvalue weighted by molar-refractivity contribution is 6.01. The largest absolute Gasteiger partial charge is 0.493 e. The van der Waals surface area contributed by atoms with Crippen LogP contribution in [0.3, 0.4) is 0 Å². The summed E-state index contributed by atoms with van der Waals surface area (Å²) in [6, 6.07) is 0. The molecule has 25 heavy (non-hydrogen) atoms. The Hall–Kier alpha value is -2.76. The summed E-state index contributed by atoms with van der Waals surface area (Å²) in [5.74, 6) is 2.05. The second kappa shape index (κ2) is 7.01. The second-order valence-corrected chi connectivity index (χ2v) is 6.28. The Morgan fingerprint density at radius 3 is 2.76 bits per heavy atom. The zero-order valence-electron chi connectivity index (χ0n) is 14.6. The maximum absolute atomic E-state index is 10.7. The third kappa shape index (κ3) is 3.52. The molecule has 3 rings (SSSR count). The van der Waals surface area contributed by atoms with Crippen LogP contribution < -0.4 is 5.32 Å². The molecule has 6 heteroatoms. The summed E-state index contributed by atoms with van der Waals surface area (Å²) in [7, 11) is 3.22. The van der Waals surface area contributed by atoms with Crippen molar-refractivity contribution in [1.82, 2.24) is 5.32 Å². The molecule has 0 fully saturated rings. The lowest BCUT2D eigenvalue weighted by molar-refractivity contribution is -0.110. The van der Waals surface area contributed by atoms with Crippen LogP contribution in [0, 0.1) is 5.92 Å². The Kier molecular flexibility index (Phi) is 4.79. The van der Waals surface area contributed by atoms with Gasteiger partial charge < -0.3 is 19.5 Å². The zero-order valence-corrected chi connectivity index (χ0v) is 14.6. The van der Waals surface area contributed by atoms with Gasteiger partial charge in [-0.2, -0.15) is 0 Å². The van der Waals surface area contributed by atoms with E-state index in [-0.39, 0.29) is 17.6 Å². The molecule has 1 N–H and O–H groups in total. The van der Waals surface area contributed by atoms with Crippen molar-refractivity contribution in [2.75, 3.05) is 14.2 Å². The monoisotopic (exact) mass is 342 g/mol. The van der Waals surface area contributed by atoms with Crippen molar-refractivity contribution in [3.63, 3.8) is 0 Å². The molecule has 6 nitrogen and oxygen atoms in total. The van der Waals surface area contributed by atoms with Crippen molar-refractivity contribution < 1.29 is 19.0 Å². The number of allylic oxidation sites excluding steroid dienone is 2. The van der Waals surface area contributed by atoms with Crippen LogP contribution in [0.15, 0.2) is 64.9 Å². The minimum atomic E-state index is -0.367. The molecule has 0 saturated heterocycles. The lowest BCUT2D eigenvalue weighted by Crippen LogP contribution is -2.40. The minimum absolute atomic E-state index is 0.0467. The second-order valence-electron chi connectivity index (χ2n) is 6.28. The summed E-state index contributed by atoms with van der Waals surface area (Å²) < 4.78 is 16.9. The van der Waals surface area contributed by atoms with Gasteiger partial charge in [0.2, 0.25) is 6.41 Å². The quantitative estimate of drug-likeness (QED) is 0.753. The van der Waals surface area contributed by atoms with Gasteiger partial charge in [-0.1, -0.05) is 6.08 Å². The average Bonchev–Trinajstić information content (AvgIpc) is 2.63. The number of carbonyl (C=O) groups excluding carboxylic acids is 1. The van der Waals surface area contributed by atoms with Gasteiger partial charge in [-0.15, -0.1) is 0 Å². The summed E-state index contributed by atoms with van der Waals surface area (Å²) in [6.45, 7) is 1.96. The number of hydrogen-bond acceptors (Lipinski definition) is 5. The van der Waals surface area contributed by atoms with Crippen LogP contribution in [0.2, 0.25) is 0 Å². The van der Waals surface area contributed by atoms with Gasteiger partial charge in [0.1, 0.15) is 11.9 Å². The molecule has 132 valence electrons. The van der Waals surface area contributed by atoms with Crippen LogP contribution in [0.25, 0.3) is 0 Å². The number of methoxy groups -OCH3 is 2. The number of fused-ring (bicyclic) bond motifs is 1. The number of aliphatic imine (C=N–C) groups is 1. The summed E-state index contributed by atoms with van der Waals surface area (Å²) in [5, 5.41) is 2.81. The summed E-state index contributed by atoms with van der Waals surface area (Å²) in [4.78, 5) is 15.1. The van der Waals surface area contributed by atoms with Gasteiger partial charge in [-0.05, 0) is 37.6 Å². The zero-order chi connectivity index (χ0) is 17.9. The fourth-order valence-electron chi connectivity index (χ4n) is 2.99. The van der Waals surface area contributed by atoms with Crippen molar-refractivity contribution in [2.45, 2.75) is 25.0 Å². The Morgan fingerprint density at radius 1 is 1.32 bits per heavy atom. The topological polar surface area (TPSA) is 69.2 Å². The highest BCUT2D eigenvalue weighted by atomic mass is 16.5. The van der Waals surface area contributed by atoms with Gasteiger partial charge >= 0.3 is 0 Å². The van der Waals surface area contributed by atoms with Crippen LogP contribution in [-0.4, -0.2) is 38.0 Å². The van der Waals surface area contributed by atoms with Gasteiger partial charge in [-0.3, -0.25) is 9.79 Å². The molecule has 1 aliphatic heterocycles. The number of hydrogen-bond donors (Lipinski definition) is 1. The molecule has 0 saturated carbocycles. The van der Waals surface area contributed by atoms with Crippen LogP contribution in [-0.2, 0) is 19.0 Å². The van der Waals surface area contributed by atoms with Crippen molar-refractivity contribution >= 4 is 12.1 Å². The van der Waals surface area contributed by atoms with E-state index in [1.807, 2.05) is 43.4 Å². The molecule has 0 aromatic heterocycles. The predicted octanol–water partition coefficient (Wildman–Crippen LogP) is 2.38. The molecule has 3 atom stereocenters. The van der Waals surface area contributed by atoms with Gasteiger partial charge in [-0.25, -0.2) is 0 Å². The maximum Gasteiger partial charge on any atom is 0.207 e. The van der Waals surface area contributed by atoms with Crippen LogP contribution in [0.5, 0.6) is 0 Å². The van der Waals surface area contributed by atoms with Crippen molar-refractivity contribution in [3.05, 3.63) is 59.9 Å².